The molecule has 144 valence electrons. The minimum absolute atomic E-state index is 0.0912. The molecule has 0 radical (unpaired) electrons. The number of carbonyl (C=O) groups excluding carboxylic acids is 1. The van der Waals surface area contributed by atoms with Crippen LogP contribution >= 0.6 is 0 Å². The van der Waals surface area contributed by atoms with Gasteiger partial charge in [0.15, 0.2) is 0 Å². The van der Waals surface area contributed by atoms with Crippen molar-refractivity contribution < 1.29 is 22.0 Å². The van der Waals surface area contributed by atoms with E-state index >= 15 is 0 Å². The molecule has 1 amide bonds. The number of anilines is 1. The molecule has 1 aliphatic heterocycles. The molecule has 0 saturated carbocycles. The summed E-state index contributed by atoms with van der Waals surface area (Å²) in [4.78, 5) is 14.2. The molecular formula is C19H20F2N2O3S. The van der Waals surface area contributed by atoms with E-state index in [1.165, 1.54) is 5.56 Å². The molecule has 0 unspecified atom stereocenters. The summed E-state index contributed by atoms with van der Waals surface area (Å²) in [6.07, 6.45) is 1.58. The zero-order chi connectivity index (χ0) is 19.6. The van der Waals surface area contributed by atoms with E-state index in [1.54, 1.807) is 4.90 Å². The third-order valence-corrected chi connectivity index (χ3v) is 5.77. The molecule has 1 aliphatic rings. The Balaban J connectivity index is 1.72. The summed E-state index contributed by atoms with van der Waals surface area (Å²) in [7, 11) is -3.83. The van der Waals surface area contributed by atoms with Gasteiger partial charge >= 0.3 is 0 Å². The lowest BCUT2D eigenvalue weighted by molar-refractivity contribution is -0.131. The van der Waals surface area contributed by atoms with E-state index in [1.807, 2.05) is 24.3 Å². The van der Waals surface area contributed by atoms with Gasteiger partial charge in [-0.2, -0.15) is 0 Å². The van der Waals surface area contributed by atoms with Crippen LogP contribution in [0, 0.1) is 11.6 Å². The Bertz CT molecular complexity index is 963. The number of hydrogen-bond donors (Lipinski definition) is 0. The number of rotatable bonds is 5. The van der Waals surface area contributed by atoms with Gasteiger partial charge in [-0.1, -0.05) is 24.3 Å². The Morgan fingerprint density at radius 3 is 2.52 bits per heavy atom. The van der Waals surface area contributed by atoms with Crippen LogP contribution in [0.2, 0.25) is 0 Å². The van der Waals surface area contributed by atoms with E-state index in [0.717, 1.165) is 34.7 Å². The topological polar surface area (TPSA) is 57.7 Å². The minimum Gasteiger partial charge on any atom is -0.338 e. The fourth-order valence-corrected chi connectivity index (χ4v) is 4.14. The molecule has 0 spiro atoms. The van der Waals surface area contributed by atoms with Crippen molar-refractivity contribution in [1.29, 1.82) is 0 Å². The molecule has 2 aromatic carbocycles. The first-order valence-electron chi connectivity index (χ1n) is 8.53. The van der Waals surface area contributed by atoms with Crippen LogP contribution in [0.25, 0.3) is 0 Å². The van der Waals surface area contributed by atoms with Gasteiger partial charge in [0.25, 0.3) is 0 Å². The van der Waals surface area contributed by atoms with Gasteiger partial charge in [0.2, 0.25) is 15.9 Å². The summed E-state index contributed by atoms with van der Waals surface area (Å²) in [5.74, 6) is -1.99. The van der Waals surface area contributed by atoms with Crippen LogP contribution < -0.4 is 4.31 Å². The smallest absolute Gasteiger partial charge is 0.232 e. The monoisotopic (exact) mass is 394 g/mol. The molecule has 8 heteroatoms. The fourth-order valence-electron chi connectivity index (χ4n) is 3.21. The normalized spacial score (nSPS) is 14.0. The average Bonchev–Trinajstić information content (AvgIpc) is 2.61. The lowest BCUT2D eigenvalue weighted by Crippen LogP contribution is -2.39. The molecule has 5 nitrogen and oxygen atoms in total. The predicted octanol–water partition coefficient (Wildman–Crippen LogP) is 2.71. The van der Waals surface area contributed by atoms with Crippen molar-refractivity contribution in [3.8, 4) is 0 Å². The van der Waals surface area contributed by atoms with Crippen LogP contribution in [0.1, 0.15) is 17.5 Å². The van der Waals surface area contributed by atoms with Crippen molar-refractivity contribution in [3.05, 3.63) is 65.2 Å². The molecule has 0 saturated heterocycles. The van der Waals surface area contributed by atoms with Gasteiger partial charge in [-0.05, 0) is 29.7 Å². The van der Waals surface area contributed by atoms with E-state index in [2.05, 4.69) is 0 Å². The highest BCUT2D eigenvalue weighted by Gasteiger charge is 2.25. The number of fused-ring (bicyclic) bond motifs is 1. The lowest BCUT2D eigenvalue weighted by atomic mass is 10.00. The summed E-state index contributed by atoms with van der Waals surface area (Å²) >= 11 is 0. The highest BCUT2D eigenvalue weighted by Crippen LogP contribution is 2.24. The first-order chi connectivity index (χ1) is 12.8. The molecule has 27 heavy (non-hydrogen) atoms. The largest absolute Gasteiger partial charge is 0.338 e. The highest BCUT2D eigenvalue weighted by molar-refractivity contribution is 7.92. The number of hydrogen-bond acceptors (Lipinski definition) is 3. The molecule has 0 aromatic heterocycles. The van der Waals surface area contributed by atoms with Crippen LogP contribution in [0.5, 0.6) is 0 Å². The Kier molecular flexibility index (Phi) is 5.46. The molecule has 2 aromatic rings. The van der Waals surface area contributed by atoms with Gasteiger partial charge < -0.3 is 4.90 Å². The van der Waals surface area contributed by atoms with Gasteiger partial charge in [-0.3, -0.25) is 9.10 Å². The number of halogens is 2. The lowest BCUT2D eigenvalue weighted by Gasteiger charge is -2.30. The molecule has 1 heterocycles. The maximum atomic E-state index is 14.0. The van der Waals surface area contributed by atoms with Gasteiger partial charge in [0.1, 0.15) is 11.6 Å². The Morgan fingerprint density at radius 2 is 1.85 bits per heavy atom. The summed E-state index contributed by atoms with van der Waals surface area (Å²) in [5, 5.41) is 0. The van der Waals surface area contributed by atoms with Gasteiger partial charge in [0, 0.05) is 32.1 Å². The summed E-state index contributed by atoms with van der Waals surface area (Å²) in [6.45, 7) is 0.816. The van der Waals surface area contributed by atoms with Crippen LogP contribution in [-0.4, -0.2) is 38.6 Å². The van der Waals surface area contributed by atoms with Crippen molar-refractivity contribution in [3.63, 3.8) is 0 Å². The van der Waals surface area contributed by atoms with Crippen molar-refractivity contribution in [2.24, 2.45) is 0 Å². The number of carbonyl (C=O) groups is 1. The van der Waals surface area contributed by atoms with Crippen molar-refractivity contribution in [1.82, 2.24) is 4.90 Å². The van der Waals surface area contributed by atoms with E-state index in [-0.39, 0.29) is 24.6 Å². The SMILES string of the molecule is CS(=O)(=O)N(CCC(=O)N1CCc2ccccc2C1)c1ccc(F)cc1F. The Labute approximate surface area is 157 Å². The van der Waals surface area contributed by atoms with Gasteiger partial charge in [0.05, 0.1) is 11.9 Å². The van der Waals surface area contributed by atoms with Gasteiger partial charge in [-0.15, -0.1) is 0 Å². The number of amides is 1. The number of sulfonamides is 1. The molecule has 0 atom stereocenters. The zero-order valence-corrected chi connectivity index (χ0v) is 15.7. The molecular weight excluding hydrogens is 374 g/mol. The molecule has 0 fully saturated rings. The van der Waals surface area contributed by atoms with Gasteiger partial charge in [-0.25, -0.2) is 17.2 Å². The van der Waals surface area contributed by atoms with E-state index < -0.39 is 21.7 Å². The van der Waals surface area contributed by atoms with E-state index in [9.17, 15) is 22.0 Å². The van der Waals surface area contributed by atoms with E-state index in [4.69, 9.17) is 0 Å². The summed E-state index contributed by atoms with van der Waals surface area (Å²) in [6, 6.07) is 10.5. The van der Waals surface area contributed by atoms with E-state index in [0.29, 0.717) is 19.2 Å². The van der Waals surface area contributed by atoms with Crippen molar-refractivity contribution in [2.75, 3.05) is 23.7 Å². The van der Waals surface area contributed by atoms with Crippen LogP contribution in [0.4, 0.5) is 14.5 Å². The second-order valence-electron chi connectivity index (χ2n) is 6.51. The van der Waals surface area contributed by atoms with Crippen LogP contribution in [0.15, 0.2) is 42.5 Å². The van der Waals surface area contributed by atoms with Crippen LogP contribution in [-0.2, 0) is 27.8 Å². The van der Waals surface area contributed by atoms with Crippen molar-refractivity contribution in [2.45, 2.75) is 19.4 Å². The quantitative estimate of drug-likeness (QED) is 0.784. The summed E-state index contributed by atoms with van der Waals surface area (Å²) < 4.78 is 52.1. The fraction of sp³-hybridized carbons (Fsp3) is 0.316. The minimum atomic E-state index is -3.83. The first-order valence-corrected chi connectivity index (χ1v) is 10.4. The Morgan fingerprint density at radius 1 is 1.15 bits per heavy atom. The Hall–Kier alpha value is -2.48. The first kappa shape index (κ1) is 19.3. The van der Waals surface area contributed by atoms with Crippen LogP contribution in [0.3, 0.4) is 0 Å². The molecule has 0 aliphatic carbocycles. The number of nitrogens with zero attached hydrogens (tertiary/aromatic N) is 2. The second-order valence-corrected chi connectivity index (χ2v) is 8.42. The average molecular weight is 394 g/mol. The summed E-state index contributed by atoms with van der Waals surface area (Å²) in [5.41, 5.74) is 2.00. The molecule has 3 rings (SSSR count). The molecule has 0 bridgehead atoms. The number of benzene rings is 2. The predicted molar refractivity (Wildman–Crippen MR) is 98.7 cm³/mol. The molecule has 0 N–H and O–H groups in total. The maximum absolute atomic E-state index is 14.0. The third kappa shape index (κ3) is 4.44. The zero-order valence-electron chi connectivity index (χ0n) is 14.9. The third-order valence-electron chi connectivity index (χ3n) is 4.59. The van der Waals surface area contributed by atoms with Crippen molar-refractivity contribution >= 4 is 21.6 Å². The highest BCUT2D eigenvalue weighted by atomic mass is 32.2. The standard InChI is InChI=1S/C19H20F2N2O3S/c1-27(25,26)23(18-7-6-16(20)12-17(18)21)11-9-19(24)22-10-8-14-4-2-3-5-15(14)13-22/h2-7,12H,8-11,13H2,1H3. The second kappa shape index (κ2) is 7.64. The maximum Gasteiger partial charge on any atom is 0.232 e.